The van der Waals surface area contributed by atoms with Gasteiger partial charge in [-0.25, -0.2) is 0 Å². The van der Waals surface area contributed by atoms with Gasteiger partial charge >= 0.3 is 0 Å². The van der Waals surface area contributed by atoms with Crippen molar-refractivity contribution < 1.29 is 4.74 Å². The maximum absolute atomic E-state index is 4.96. The van der Waals surface area contributed by atoms with Crippen LogP contribution in [-0.2, 0) is 4.74 Å². The lowest BCUT2D eigenvalue weighted by Crippen LogP contribution is -2.20. The number of methoxy groups -OCH3 is 1. The van der Waals surface area contributed by atoms with Crippen LogP contribution in [0.5, 0.6) is 0 Å². The molecule has 0 aliphatic carbocycles. The number of nitrogens with one attached hydrogen (secondary N) is 1. The molecular weight excluding hydrogens is 286 g/mol. The van der Waals surface area contributed by atoms with E-state index in [1.807, 2.05) is 11.8 Å². The molecule has 0 fully saturated rings. The second-order valence-corrected chi connectivity index (χ2v) is 5.49. The molecule has 0 aliphatic rings. The molecular formula is C12H18BrNOS. The van der Waals surface area contributed by atoms with Crippen molar-refractivity contribution in [2.45, 2.75) is 11.3 Å². The molecule has 0 bridgehead atoms. The zero-order valence-corrected chi connectivity index (χ0v) is 11.9. The molecule has 2 nitrogen and oxygen atoms in total. The van der Waals surface area contributed by atoms with Crippen molar-refractivity contribution in [1.82, 2.24) is 5.32 Å². The third-order valence-electron chi connectivity index (χ3n) is 2.05. The Kier molecular flexibility index (Phi) is 7.93. The normalized spacial score (nSPS) is 10.6. The van der Waals surface area contributed by atoms with E-state index in [0.717, 1.165) is 29.9 Å². The van der Waals surface area contributed by atoms with E-state index in [1.165, 1.54) is 11.3 Å². The van der Waals surface area contributed by atoms with Crippen LogP contribution in [0.3, 0.4) is 0 Å². The van der Waals surface area contributed by atoms with E-state index < -0.39 is 0 Å². The minimum absolute atomic E-state index is 0.790. The van der Waals surface area contributed by atoms with E-state index in [9.17, 15) is 0 Å². The highest BCUT2D eigenvalue weighted by molar-refractivity contribution is 9.10. The van der Waals surface area contributed by atoms with Gasteiger partial charge in [0, 0.05) is 23.0 Å². The number of rotatable bonds is 8. The third-order valence-corrected chi connectivity index (χ3v) is 3.62. The highest BCUT2D eigenvalue weighted by Crippen LogP contribution is 2.22. The van der Waals surface area contributed by atoms with Crippen molar-refractivity contribution in [2.24, 2.45) is 0 Å². The predicted octanol–water partition coefficient (Wildman–Crippen LogP) is 3.17. The van der Waals surface area contributed by atoms with E-state index >= 15 is 0 Å². The second-order valence-electron chi connectivity index (χ2n) is 3.40. The molecule has 0 heterocycles. The standard InChI is InChI=1S/C12H18BrNOS/c1-15-8-7-14-6-3-9-16-12-5-2-4-11(13)10-12/h2,4-5,10,14H,3,6-9H2,1H3. The second kappa shape index (κ2) is 9.05. The predicted molar refractivity (Wildman–Crippen MR) is 74.2 cm³/mol. The first kappa shape index (κ1) is 14.0. The van der Waals surface area contributed by atoms with E-state index in [2.05, 4.69) is 45.5 Å². The van der Waals surface area contributed by atoms with Gasteiger partial charge in [0.05, 0.1) is 6.61 Å². The minimum Gasteiger partial charge on any atom is -0.383 e. The van der Waals surface area contributed by atoms with Gasteiger partial charge in [0.25, 0.3) is 0 Å². The van der Waals surface area contributed by atoms with Gasteiger partial charge in [0.1, 0.15) is 0 Å². The number of halogens is 1. The lowest BCUT2D eigenvalue weighted by Gasteiger charge is -2.04. The van der Waals surface area contributed by atoms with Crippen LogP contribution in [0.1, 0.15) is 6.42 Å². The van der Waals surface area contributed by atoms with Crippen LogP contribution in [0.4, 0.5) is 0 Å². The maximum Gasteiger partial charge on any atom is 0.0587 e. The van der Waals surface area contributed by atoms with Gasteiger partial charge in [0.15, 0.2) is 0 Å². The van der Waals surface area contributed by atoms with Crippen LogP contribution in [0.15, 0.2) is 33.6 Å². The molecule has 0 aliphatic heterocycles. The van der Waals surface area contributed by atoms with Crippen LogP contribution in [0.25, 0.3) is 0 Å². The Balaban J connectivity index is 2.03. The molecule has 1 rings (SSSR count). The van der Waals surface area contributed by atoms with E-state index in [1.54, 1.807) is 7.11 Å². The van der Waals surface area contributed by atoms with Gasteiger partial charge in [-0.15, -0.1) is 11.8 Å². The molecule has 4 heteroatoms. The molecule has 0 spiro atoms. The molecule has 0 aromatic heterocycles. The molecule has 1 aromatic rings. The van der Waals surface area contributed by atoms with Gasteiger partial charge in [-0.2, -0.15) is 0 Å². The van der Waals surface area contributed by atoms with Crippen molar-refractivity contribution in [2.75, 3.05) is 32.6 Å². The van der Waals surface area contributed by atoms with Crippen LogP contribution in [0, 0.1) is 0 Å². The number of hydrogen-bond acceptors (Lipinski definition) is 3. The Morgan fingerprint density at radius 3 is 3.00 bits per heavy atom. The van der Waals surface area contributed by atoms with Crippen molar-refractivity contribution in [3.8, 4) is 0 Å². The molecule has 0 saturated heterocycles. The minimum atomic E-state index is 0.790. The van der Waals surface area contributed by atoms with Crippen LogP contribution in [0.2, 0.25) is 0 Å². The highest BCUT2D eigenvalue weighted by atomic mass is 79.9. The zero-order chi connectivity index (χ0) is 11.6. The molecule has 0 saturated carbocycles. The molecule has 1 aromatic carbocycles. The van der Waals surface area contributed by atoms with E-state index in [4.69, 9.17) is 4.74 Å². The quantitative estimate of drug-likeness (QED) is 0.589. The largest absolute Gasteiger partial charge is 0.383 e. The highest BCUT2D eigenvalue weighted by Gasteiger charge is 1.95. The maximum atomic E-state index is 4.96. The van der Waals surface area contributed by atoms with Gasteiger partial charge in [0.2, 0.25) is 0 Å². The first-order valence-corrected chi connectivity index (χ1v) is 7.19. The van der Waals surface area contributed by atoms with Crippen molar-refractivity contribution in [3.05, 3.63) is 28.7 Å². The van der Waals surface area contributed by atoms with Gasteiger partial charge in [-0.3, -0.25) is 0 Å². The van der Waals surface area contributed by atoms with Gasteiger partial charge in [-0.1, -0.05) is 22.0 Å². The van der Waals surface area contributed by atoms with Crippen molar-refractivity contribution in [3.63, 3.8) is 0 Å². The molecule has 0 atom stereocenters. The molecule has 0 unspecified atom stereocenters. The number of hydrogen-bond donors (Lipinski definition) is 1. The Morgan fingerprint density at radius 1 is 1.38 bits per heavy atom. The van der Waals surface area contributed by atoms with Gasteiger partial charge in [-0.05, 0) is 36.9 Å². The summed E-state index contributed by atoms with van der Waals surface area (Å²) in [5.74, 6) is 1.15. The average molecular weight is 304 g/mol. The average Bonchev–Trinajstić information content (AvgIpc) is 2.28. The molecule has 90 valence electrons. The summed E-state index contributed by atoms with van der Waals surface area (Å²) in [4.78, 5) is 1.33. The fraction of sp³-hybridized carbons (Fsp3) is 0.500. The van der Waals surface area contributed by atoms with Gasteiger partial charge < -0.3 is 10.1 Å². The first-order valence-electron chi connectivity index (χ1n) is 5.41. The monoisotopic (exact) mass is 303 g/mol. The summed E-state index contributed by atoms with van der Waals surface area (Å²) in [5.41, 5.74) is 0. The van der Waals surface area contributed by atoms with E-state index in [-0.39, 0.29) is 0 Å². The summed E-state index contributed by atoms with van der Waals surface area (Å²) in [5, 5.41) is 3.34. The fourth-order valence-corrected chi connectivity index (χ4v) is 2.70. The topological polar surface area (TPSA) is 21.3 Å². The molecule has 0 amide bonds. The van der Waals surface area contributed by atoms with Crippen molar-refractivity contribution >= 4 is 27.7 Å². The summed E-state index contributed by atoms with van der Waals surface area (Å²) < 4.78 is 6.11. The number of ether oxygens (including phenoxy) is 1. The SMILES string of the molecule is COCCNCCCSc1cccc(Br)c1. The van der Waals surface area contributed by atoms with Crippen molar-refractivity contribution in [1.29, 1.82) is 0 Å². The summed E-state index contributed by atoms with van der Waals surface area (Å²) in [6, 6.07) is 8.43. The van der Waals surface area contributed by atoms with Crippen LogP contribution < -0.4 is 5.32 Å². The lowest BCUT2D eigenvalue weighted by atomic mass is 10.4. The Labute approximate surface area is 110 Å². The Morgan fingerprint density at radius 2 is 2.25 bits per heavy atom. The molecule has 16 heavy (non-hydrogen) atoms. The zero-order valence-electron chi connectivity index (χ0n) is 9.54. The third kappa shape index (κ3) is 6.53. The number of thioether (sulfide) groups is 1. The summed E-state index contributed by atoms with van der Waals surface area (Å²) in [6.07, 6.45) is 1.18. The first-order chi connectivity index (χ1) is 7.83. The summed E-state index contributed by atoms with van der Waals surface area (Å²) in [6.45, 7) is 2.79. The van der Waals surface area contributed by atoms with E-state index in [0.29, 0.717) is 0 Å². The smallest absolute Gasteiger partial charge is 0.0587 e. The lowest BCUT2D eigenvalue weighted by molar-refractivity contribution is 0.199. The molecule has 0 radical (unpaired) electrons. The number of benzene rings is 1. The Hall–Kier alpha value is -0.0300. The summed E-state index contributed by atoms with van der Waals surface area (Å²) in [7, 11) is 1.73. The fourth-order valence-electron chi connectivity index (χ4n) is 1.24. The molecule has 1 N–H and O–H groups in total. The summed E-state index contributed by atoms with van der Waals surface area (Å²) >= 11 is 5.37. The Bertz CT molecular complexity index is 296. The van der Waals surface area contributed by atoms with Crippen LogP contribution >= 0.6 is 27.7 Å². The van der Waals surface area contributed by atoms with Crippen LogP contribution in [-0.4, -0.2) is 32.6 Å².